The van der Waals surface area contributed by atoms with Gasteiger partial charge in [0.15, 0.2) is 5.58 Å². The lowest BCUT2D eigenvalue weighted by Crippen LogP contribution is -2.53. The van der Waals surface area contributed by atoms with Crippen molar-refractivity contribution in [3.63, 3.8) is 0 Å². The second-order valence-electron chi connectivity index (χ2n) is 7.22. The molecule has 0 amide bonds. The summed E-state index contributed by atoms with van der Waals surface area (Å²) in [7, 11) is -2.06. The Bertz CT molecular complexity index is 1150. The van der Waals surface area contributed by atoms with Crippen LogP contribution in [0.25, 0.3) is 11.1 Å². The molecule has 1 unspecified atom stereocenters. The summed E-state index contributed by atoms with van der Waals surface area (Å²) in [6.07, 6.45) is 0. The van der Waals surface area contributed by atoms with Gasteiger partial charge in [-0.15, -0.1) is 0 Å². The van der Waals surface area contributed by atoms with Crippen LogP contribution in [0, 0.1) is 0 Å². The number of hydrogen-bond donors (Lipinski definition) is 0. The highest BCUT2D eigenvalue weighted by molar-refractivity contribution is 7.89. The molecular weight excluding hydrogens is 378 g/mol. The van der Waals surface area contributed by atoms with Crippen molar-refractivity contribution >= 4 is 21.1 Å². The van der Waals surface area contributed by atoms with Gasteiger partial charge in [0.1, 0.15) is 0 Å². The van der Waals surface area contributed by atoms with Gasteiger partial charge in [-0.2, -0.15) is 4.31 Å². The Morgan fingerprint density at radius 3 is 2.57 bits per heavy atom. The Morgan fingerprint density at radius 1 is 1.11 bits per heavy atom. The van der Waals surface area contributed by atoms with Gasteiger partial charge in [-0.3, -0.25) is 9.47 Å². The molecule has 1 aliphatic rings. The van der Waals surface area contributed by atoms with Crippen molar-refractivity contribution in [3.05, 3.63) is 64.6 Å². The van der Waals surface area contributed by atoms with Crippen LogP contribution >= 0.6 is 0 Å². The van der Waals surface area contributed by atoms with E-state index in [1.807, 2.05) is 25.1 Å². The minimum atomic E-state index is -3.65. The summed E-state index contributed by atoms with van der Waals surface area (Å²) < 4.78 is 34.2. The highest BCUT2D eigenvalue weighted by atomic mass is 32.2. The van der Waals surface area contributed by atoms with Crippen molar-refractivity contribution in [2.75, 3.05) is 19.6 Å². The molecule has 1 fully saturated rings. The van der Waals surface area contributed by atoms with Crippen LogP contribution in [0.1, 0.15) is 12.5 Å². The number of piperazine rings is 1. The van der Waals surface area contributed by atoms with Crippen LogP contribution in [-0.2, 0) is 23.6 Å². The van der Waals surface area contributed by atoms with Gasteiger partial charge in [0.25, 0.3) is 0 Å². The zero-order valence-corrected chi connectivity index (χ0v) is 16.7. The molecule has 0 aliphatic carbocycles. The summed E-state index contributed by atoms with van der Waals surface area (Å²) in [5.74, 6) is -0.507. The highest BCUT2D eigenvalue weighted by Gasteiger charge is 2.32. The van der Waals surface area contributed by atoms with Gasteiger partial charge in [0.05, 0.1) is 10.4 Å². The molecule has 0 radical (unpaired) electrons. The average molecular weight is 401 g/mol. The van der Waals surface area contributed by atoms with Crippen LogP contribution in [0.4, 0.5) is 0 Å². The van der Waals surface area contributed by atoms with Gasteiger partial charge < -0.3 is 4.42 Å². The van der Waals surface area contributed by atoms with Gasteiger partial charge in [-0.1, -0.05) is 30.3 Å². The maximum Gasteiger partial charge on any atom is 0.419 e. The maximum atomic E-state index is 13.1. The first-order valence-electron chi connectivity index (χ1n) is 9.24. The van der Waals surface area contributed by atoms with E-state index in [-0.39, 0.29) is 16.5 Å². The van der Waals surface area contributed by atoms with E-state index in [1.165, 1.54) is 26.6 Å². The third-order valence-corrected chi connectivity index (χ3v) is 7.22. The molecule has 1 aliphatic heterocycles. The van der Waals surface area contributed by atoms with E-state index >= 15 is 0 Å². The van der Waals surface area contributed by atoms with E-state index in [9.17, 15) is 13.2 Å². The average Bonchev–Trinajstić information content (AvgIpc) is 2.97. The molecule has 8 heteroatoms. The lowest BCUT2D eigenvalue weighted by molar-refractivity contribution is 0.122. The molecule has 0 bridgehead atoms. The number of fused-ring (bicyclic) bond motifs is 1. The van der Waals surface area contributed by atoms with Crippen LogP contribution in [-0.4, -0.2) is 47.9 Å². The summed E-state index contributed by atoms with van der Waals surface area (Å²) in [5, 5.41) is 0. The number of aryl methyl sites for hydroxylation is 1. The molecule has 1 saturated heterocycles. The third kappa shape index (κ3) is 3.39. The Labute approximate surface area is 163 Å². The monoisotopic (exact) mass is 401 g/mol. The topological polar surface area (TPSA) is 75.8 Å². The van der Waals surface area contributed by atoms with Crippen LogP contribution in [0.3, 0.4) is 0 Å². The molecule has 2 aromatic carbocycles. The Balaban J connectivity index is 1.53. The van der Waals surface area contributed by atoms with Crippen molar-refractivity contribution in [1.82, 2.24) is 13.8 Å². The largest absolute Gasteiger partial charge is 0.419 e. The molecule has 148 valence electrons. The van der Waals surface area contributed by atoms with Crippen LogP contribution in [0.15, 0.2) is 62.6 Å². The highest BCUT2D eigenvalue weighted by Crippen LogP contribution is 2.24. The summed E-state index contributed by atoms with van der Waals surface area (Å²) in [5.41, 5.74) is 2.07. The zero-order valence-electron chi connectivity index (χ0n) is 15.9. The molecule has 3 aromatic rings. The fourth-order valence-corrected chi connectivity index (χ4v) is 5.18. The number of rotatable bonds is 4. The molecule has 0 saturated carbocycles. The lowest BCUT2D eigenvalue weighted by atomic mass is 10.1. The number of nitrogens with zero attached hydrogens (tertiary/aromatic N) is 3. The predicted octanol–water partition coefficient (Wildman–Crippen LogP) is 2.03. The quantitative estimate of drug-likeness (QED) is 0.669. The molecule has 4 rings (SSSR count). The Kier molecular flexibility index (Phi) is 4.86. The molecule has 1 atom stereocenters. The number of aromatic nitrogens is 1. The van der Waals surface area contributed by atoms with Crippen molar-refractivity contribution in [1.29, 1.82) is 0 Å². The van der Waals surface area contributed by atoms with E-state index < -0.39 is 15.8 Å². The predicted molar refractivity (Wildman–Crippen MR) is 107 cm³/mol. The van der Waals surface area contributed by atoms with E-state index in [1.54, 1.807) is 13.1 Å². The number of benzene rings is 2. The molecule has 1 aromatic heterocycles. The SMILES string of the molecule is CC1CN(S(=O)(=O)c2ccc3c(c2)oc(=O)n3C)CCN1Cc1ccccc1. The van der Waals surface area contributed by atoms with Gasteiger partial charge in [-0.05, 0) is 24.6 Å². The van der Waals surface area contributed by atoms with Crippen LogP contribution < -0.4 is 5.76 Å². The maximum absolute atomic E-state index is 13.1. The summed E-state index contributed by atoms with van der Waals surface area (Å²) in [4.78, 5) is 14.1. The van der Waals surface area contributed by atoms with Crippen molar-refractivity contribution in [3.8, 4) is 0 Å². The Morgan fingerprint density at radius 2 is 1.86 bits per heavy atom. The number of oxazole rings is 1. The summed E-state index contributed by atoms with van der Waals surface area (Å²) >= 11 is 0. The van der Waals surface area contributed by atoms with Crippen LogP contribution in [0.2, 0.25) is 0 Å². The molecule has 2 heterocycles. The van der Waals surface area contributed by atoms with Gasteiger partial charge >= 0.3 is 5.76 Å². The van der Waals surface area contributed by atoms with E-state index in [4.69, 9.17) is 4.42 Å². The molecule has 0 N–H and O–H groups in total. The lowest BCUT2D eigenvalue weighted by Gasteiger charge is -2.39. The van der Waals surface area contributed by atoms with Gasteiger partial charge in [0, 0.05) is 45.3 Å². The fourth-order valence-electron chi connectivity index (χ4n) is 3.66. The minimum Gasteiger partial charge on any atom is -0.408 e. The van der Waals surface area contributed by atoms with Crippen molar-refractivity contribution in [2.24, 2.45) is 7.05 Å². The first-order chi connectivity index (χ1) is 13.4. The van der Waals surface area contributed by atoms with Crippen LogP contribution in [0.5, 0.6) is 0 Å². The normalized spacial score (nSPS) is 19.3. The number of hydrogen-bond acceptors (Lipinski definition) is 5. The number of sulfonamides is 1. The summed E-state index contributed by atoms with van der Waals surface area (Å²) in [6, 6.07) is 14.9. The molecule has 0 spiro atoms. The first-order valence-corrected chi connectivity index (χ1v) is 10.7. The van der Waals surface area contributed by atoms with E-state index in [0.29, 0.717) is 25.2 Å². The van der Waals surface area contributed by atoms with E-state index in [0.717, 1.165) is 6.54 Å². The van der Waals surface area contributed by atoms with Crippen molar-refractivity contribution < 1.29 is 12.8 Å². The van der Waals surface area contributed by atoms with Crippen molar-refractivity contribution in [2.45, 2.75) is 24.4 Å². The zero-order chi connectivity index (χ0) is 19.9. The van der Waals surface area contributed by atoms with Gasteiger partial charge in [-0.25, -0.2) is 13.2 Å². The Hall–Kier alpha value is -2.42. The fraction of sp³-hybridized carbons (Fsp3) is 0.350. The standard InChI is InChI=1S/C20H23N3O4S/c1-15-13-23(11-10-22(15)14-16-6-4-3-5-7-16)28(25,26)17-8-9-18-19(12-17)27-20(24)21(18)2/h3-9,12,15H,10-11,13-14H2,1-2H3. The molecular formula is C20H23N3O4S. The molecule has 28 heavy (non-hydrogen) atoms. The van der Waals surface area contributed by atoms with E-state index in [2.05, 4.69) is 17.0 Å². The third-order valence-electron chi connectivity index (χ3n) is 5.36. The minimum absolute atomic E-state index is 0.0992. The molecule has 7 nitrogen and oxygen atoms in total. The second kappa shape index (κ2) is 7.20. The second-order valence-corrected chi connectivity index (χ2v) is 9.16. The van der Waals surface area contributed by atoms with Gasteiger partial charge in [0.2, 0.25) is 10.0 Å². The first kappa shape index (κ1) is 18.9. The summed E-state index contributed by atoms with van der Waals surface area (Å²) in [6.45, 7) is 4.36. The smallest absolute Gasteiger partial charge is 0.408 e.